The van der Waals surface area contributed by atoms with Gasteiger partial charge in [-0.1, -0.05) is 24.3 Å². The Morgan fingerprint density at radius 2 is 1.88 bits per heavy atom. The van der Waals surface area contributed by atoms with Crippen molar-refractivity contribution < 1.29 is 4.74 Å². The van der Waals surface area contributed by atoms with Crippen LogP contribution in [0.1, 0.15) is 24.0 Å². The van der Waals surface area contributed by atoms with Crippen molar-refractivity contribution in [2.45, 2.75) is 32.0 Å². The Morgan fingerprint density at radius 1 is 1.20 bits per heavy atom. The Balaban J connectivity index is 1.49. The standard InChI is InChI=1S/C19H26N4O2/c1-22-12-9-20-18(19(22)24)23-10-7-17(8-11-23)21-13-15-3-5-16(6-4-15)14-25-2/h3-6,9,12,17,21H,7-8,10-11,13-14H2,1-2H3. The Hall–Kier alpha value is -2.18. The van der Waals surface area contributed by atoms with E-state index >= 15 is 0 Å². The van der Waals surface area contributed by atoms with Gasteiger partial charge in [0.15, 0.2) is 5.82 Å². The minimum atomic E-state index is -0.0231. The Morgan fingerprint density at radius 3 is 2.56 bits per heavy atom. The highest BCUT2D eigenvalue weighted by Gasteiger charge is 2.21. The van der Waals surface area contributed by atoms with Gasteiger partial charge in [-0.15, -0.1) is 0 Å². The highest BCUT2D eigenvalue weighted by molar-refractivity contribution is 5.36. The number of nitrogens with one attached hydrogen (secondary N) is 1. The number of methoxy groups -OCH3 is 1. The smallest absolute Gasteiger partial charge is 0.293 e. The second-order valence-electron chi connectivity index (χ2n) is 6.56. The van der Waals surface area contributed by atoms with Gasteiger partial charge < -0.3 is 19.5 Å². The van der Waals surface area contributed by atoms with E-state index in [-0.39, 0.29) is 5.56 Å². The molecule has 0 unspecified atom stereocenters. The normalized spacial score (nSPS) is 15.5. The van der Waals surface area contributed by atoms with Crippen molar-refractivity contribution in [3.63, 3.8) is 0 Å². The highest BCUT2D eigenvalue weighted by Crippen LogP contribution is 2.15. The number of aromatic nitrogens is 2. The lowest BCUT2D eigenvalue weighted by atomic mass is 10.0. The van der Waals surface area contributed by atoms with E-state index in [1.807, 2.05) is 0 Å². The molecule has 1 aromatic carbocycles. The fourth-order valence-corrected chi connectivity index (χ4v) is 3.18. The van der Waals surface area contributed by atoms with E-state index in [1.165, 1.54) is 11.1 Å². The molecule has 1 N–H and O–H groups in total. The summed E-state index contributed by atoms with van der Waals surface area (Å²) in [4.78, 5) is 18.5. The van der Waals surface area contributed by atoms with Gasteiger partial charge in [-0.2, -0.15) is 0 Å². The van der Waals surface area contributed by atoms with Crippen LogP contribution in [0.5, 0.6) is 0 Å². The van der Waals surface area contributed by atoms with E-state index in [1.54, 1.807) is 31.1 Å². The summed E-state index contributed by atoms with van der Waals surface area (Å²) >= 11 is 0. The largest absolute Gasteiger partial charge is 0.380 e. The number of anilines is 1. The topological polar surface area (TPSA) is 59.4 Å². The molecule has 2 aromatic rings. The molecular formula is C19H26N4O2. The lowest BCUT2D eigenvalue weighted by Crippen LogP contribution is -2.44. The average molecular weight is 342 g/mol. The molecule has 1 saturated heterocycles. The van der Waals surface area contributed by atoms with Crippen LogP contribution in [0.25, 0.3) is 0 Å². The Labute approximate surface area is 148 Å². The van der Waals surface area contributed by atoms with Crippen molar-refractivity contribution in [1.82, 2.24) is 14.9 Å². The molecule has 2 heterocycles. The SMILES string of the molecule is COCc1ccc(CNC2CCN(c3nccn(C)c3=O)CC2)cc1. The van der Waals surface area contributed by atoms with E-state index < -0.39 is 0 Å². The van der Waals surface area contributed by atoms with Gasteiger partial charge in [-0.25, -0.2) is 4.98 Å². The summed E-state index contributed by atoms with van der Waals surface area (Å²) in [6.07, 6.45) is 5.41. The van der Waals surface area contributed by atoms with Gasteiger partial charge in [0.05, 0.1) is 6.61 Å². The number of ether oxygens (including phenoxy) is 1. The molecule has 6 nitrogen and oxygen atoms in total. The molecule has 25 heavy (non-hydrogen) atoms. The second kappa shape index (κ2) is 8.27. The van der Waals surface area contributed by atoms with Crippen LogP contribution >= 0.6 is 0 Å². The van der Waals surface area contributed by atoms with Crippen LogP contribution in [0.15, 0.2) is 41.5 Å². The molecule has 1 aromatic heterocycles. The minimum Gasteiger partial charge on any atom is -0.380 e. The van der Waals surface area contributed by atoms with Gasteiger partial charge in [-0.05, 0) is 24.0 Å². The molecule has 0 aliphatic carbocycles. The van der Waals surface area contributed by atoms with Crippen LogP contribution in [0, 0.1) is 0 Å². The van der Waals surface area contributed by atoms with Gasteiger partial charge in [0, 0.05) is 52.2 Å². The van der Waals surface area contributed by atoms with Gasteiger partial charge in [0.1, 0.15) is 0 Å². The van der Waals surface area contributed by atoms with Gasteiger partial charge in [0.25, 0.3) is 5.56 Å². The minimum absolute atomic E-state index is 0.0231. The Kier molecular flexibility index (Phi) is 5.83. The fourth-order valence-electron chi connectivity index (χ4n) is 3.18. The van der Waals surface area contributed by atoms with Crippen LogP contribution in [-0.2, 0) is 24.9 Å². The zero-order valence-electron chi connectivity index (χ0n) is 14.9. The summed E-state index contributed by atoms with van der Waals surface area (Å²) in [5.74, 6) is 0.567. The molecule has 0 radical (unpaired) electrons. The maximum atomic E-state index is 12.2. The monoisotopic (exact) mass is 342 g/mol. The van der Waals surface area contributed by atoms with E-state index in [2.05, 4.69) is 39.5 Å². The molecule has 134 valence electrons. The van der Waals surface area contributed by atoms with E-state index in [9.17, 15) is 4.79 Å². The van der Waals surface area contributed by atoms with Crippen molar-refractivity contribution in [3.8, 4) is 0 Å². The number of benzene rings is 1. The number of rotatable bonds is 6. The summed E-state index contributed by atoms with van der Waals surface area (Å²) in [6, 6.07) is 8.99. The molecule has 1 aliphatic rings. The molecular weight excluding hydrogens is 316 g/mol. The molecule has 1 fully saturated rings. The van der Waals surface area contributed by atoms with Crippen molar-refractivity contribution in [2.75, 3.05) is 25.1 Å². The number of nitrogens with zero attached hydrogens (tertiary/aromatic N) is 3. The average Bonchev–Trinajstić information content (AvgIpc) is 2.64. The number of hydrogen-bond acceptors (Lipinski definition) is 5. The van der Waals surface area contributed by atoms with Crippen molar-refractivity contribution in [3.05, 3.63) is 58.1 Å². The molecule has 0 saturated carbocycles. The third-order valence-corrected chi connectivity index (χ3v) is 4.72. The first kappa shape index (κ1) is 17.6. The predicted octanol–water partition coefficient (Wildman–Crippen LogP) is 1.69. The van der Waals surface area contributed by atoms with E-state index in [4.69, 9.17) is 4.74 Å². The molecule has 0 spiro atoms. The fraction of sp³-hybridized carbons (Fsp3) is 0.474. The first-order chi connectivity index (χ1) is 12.2. The van der Waals surface area contributed by atoms with Crippen molar-refractivity contribution >= 4 is 5.82 Å². The third kappa shape index (κ3) is 4.46. The number of aryl methyl sites for hydroxylation is 1. The van der Waals surface area contributed by atoms with Crippen molar-refractivity contribution in [2.24, 2.45) is 7.05 Å². The van der Waals surface area contributed by atoms with E-state index in [0.717, 1.165) is 32.5 Å². The lowest BCUT2D eigenvalue weighted by molar-refractivity contribution is 0.185. The molecule has 6 heteroatoms. The highest BCUT2D eigenvalue weighted by atomic mass is 16.5. The summed E-state index contributed by atoms with van der Waals surface area (Å²) in [5, 5.41) is 3.63. The van der Waals surface area contributed by atoms with Crippen LogP contribution in [0.2, 0.25) is 0 Å². The van der Waals surface area contributed by atoms with Crippen LogP contribution in [-0.4, -0.2) is 35.8 Å². The summed E-state index contributed by atoms with van der Waals surface area (Å²) in [5.41, 5.74) is 2.45. The molecule has 3 rings (SSSR count). The summed E-state index contributed by atoms with van der Waals surface area (Å²) < 4.78 is 6.72. The van der Waals surface area contributed by atoms with E-state index in [0.29, 0.717) is 18.5 Å². The molecule has 0 bridgehead atoms. The van der Waals surface area contributed by atoms with Crippen LogP contribution in [0.4, 0.5) is 5.82 Å². The molecule has 1 aliphatic heterocycles. The number of piperidine rings is 1. The summed E-state index contributed by atoms with van der Waals surface area (Å²) in [7, 11) is 3.47. The zero-order chi connectivity index (χ0) is 17.6. The van der Waals surface area contributed by atoms with Crippen LogP contribution in [0.3, 0.4) is 0 Å². The molecule has 0 amide bonds. The second-order valence-corrected chi connectivity index (χ2v) is 6.56. The zero-order valence-corrected chi connectivity index (χ0v) is 14.9. The third-order valence-electron chi connectivity index (χ3n) is 4.72. The van der Waals surface area contributed by atoms with Crippen LogP contribution < -0.4 is 15.8 Å². The molecule has 0 atom stereocenters. The Bertz CT molecular complexity index is 734. The van der Waals surface area contributed by atoms with Gasteiger partial charge in [-0.3, -0.25) is 4.79 Å². The maximum absolute atomic E-state index is 12.2. The quantitative estimate of drug-likeness (QED) is 0.866. The first-order valence-corrected chi connectivity index (χ1v) is 8.74. The first-order valence-electron chi connectivity index (χ1n) is 8.74. The van der Waals surface area contributed by atoms with Crippen molar-refractivity contribution in [1.29, 1.82) is 0 Å². The van der Waals surface area contributed by atoms with Gasteiger partial charge in [0.2, 0.25) is 0 Å². The van der Waals surface area contributed by atoms with Gasteiger partial charge >= 0.3 is 0 Å². The predicted molar refractivity (Wildman–Crippen MR) is 98.7 cm³/mol. The maximum Gasteiger partial charge on any atom is 0.293 e. The lowest BCUT2D eigenvalue weighted by Gasteiger charge is -2.32. The number of hydrogen-bond donors (Lipinski definition) is 1. The summed E-state index contributed by atoms with van der Waals surface area (Å²) in [6.45, 7) is 3.23.